The van der Waals surface area contributed by atoms with E-state index in [0.29, 0.717) is 17.2 Å². The zero-order valence-corrected chi connectivity index (χ0v) is 12.8. The van der Waals surface area contributed by atoms with Crippen LogP contribution >= 0.6 is 11.8 Å². The minimum atomic E-state index is -0.856. The molecule has 2 bridgehead atoms. The molecule has 108 valence electrons. The summed E-state index contributed by atoms with van der Waals surface area (Å²) in [5, 5.41) is 8.61. The summed E-state index contributed by atoms with van der Waals surface area (Å²) in [6, 6.07) is 0.353. The smallest absolute Gasteiger partial charge is 0.313 e. The van der Waals surface area contributed by atoms with Crippen LogP contribution in [-0.4, -0.2) is 46.0 Å². The molecule has 0 aromatic rings. The van der Waals surface area contributed by atoms with Crippen molar-refractivity contribution in [3.05, 3.63) is 0 Å². The first-order valence-corrected chi connectivity index (χ1v) is 7.95. The molecule has 2 atom stereocenters. The third-order valence-electron chi connectivity index (χ3n) is 4.19. The van der Waals surface area contributed by atoms with Gasteiger partial charge in [0, 0.05) is 12.6 Å². The van der Waals surface area contributed by atoms with Gasteiger partial charge < -0.3 is 10.0 Å². The Bertz CT molecular complexity index is 396. The highest BCUT2D eigenvalue weighted by Crippen LogP contribution is 2.52. The lowest BCUT2D eigenvalue weighted by Crippen LogP contribution is -2.38. The predicted molar refractivity (Wildman–Crippen MR) is 76.2 cm³/mol. The standard InChI is InChI=1S/C14H23NO3S/c1-13(2)4-10-5-14(3,8-13)9-15(10)11(16)6-19-7-12(17)18/h10H,4-9H2,1-3H3,(H,17,18)/t10-,14+/m1/s1. The van der Waals surface area contributed by atoms with Gasteiger partial charge in [-0.2, -0.15) is 0 Å². The van der Waals surface area contributed by atoms with Gasteiger partial charge in [-0.15, -0.1) is 11.8 Å². The fraction of sp³-hybridized carbons (Fsp3) is 0.857. The van der Waals surface area contributed by atoms with Gasteiger partial charge in [-0.05, 0) is 30.1 Å². The fourth-order valence-corrected chi connectivity index (χ4v) is 4.68. The molecule has 0 unspecified atom stereocenters. The maximum absolute atomic E-state index is 12.2. The quantitative estimate of drug-likeness (QED) is 0.860. The maximum atomic E-state index is 12.2. The minimum absolute atomic E-state index is 0.00695. The molecule has 1 amide bonds. The Morgan fingerprint density at radius 3 is 2.58 bits per heavy atom. The Labute approximate surface area is 118 Å². The first-order valence-electron chi connectivity index (χ1n) is 6.80. The summed E-state index contributed by atoms with van der Waals surface area (Å²) in [6.45, 7) is 7.68. The van der Waals surface area contributed by atoms with Crippen LogP contribution in [0.3, 0.4) is 0 Å². The summed E-state index contributed by atoms with van der Waals surface area (Å²) in [5.74, 6) is -0.449. The van der Waals surface area contributed by atoms with Crippen LogP contribution in [0.5, 0.6) is 0 Å². The lowest BCUT2D eigenvalue weighted by atomic mass is 9.65. The minimum Gasteiger partial charge on any atom is -0.481 e. The van der Waals surface area contributed by atoms with E-state index in [4.69, 9.17) is 5.11 Å². The molecule has 2 rings (SSSR count). The van der Waals surface area contributed by atoms with Gasteiger partial charge in [-0.1, -0.05) is 20.8 Å². The van der Waals surface area contributed by atoms with Crippen LogP contribution in [-0.2, 0) is 9.59 Å². The zero-order chi connectivity index (χ0) is 14.3. The van der Waals surface area contributed by atoms with Crippen molar-refractivity contribution in [1.82, 2.24) is 4.90 Å². The number of hydrogen-bond donors (Lipinski definition) is 1. The number of thioether (sulfide) groups is 1. The summed E-state index contributed by atoms with van der Waals surface area (Å²) >= 11 is 1.20. The number of nitrogens with zero attached hydrogens (tertiary/aromatic N) is 1. The Morgan fingerprint density at radius 1 is 1.26 bits per heavy atom. The first-order chi connectivity index (χ1) is 8.71. The average Bonchev–Trinajstić information content (AvgIpc) is 2.47. The molecule has 0 aromatic heterocycles. The number of likely N-dealkylation sites (tertiary alicyclic amines) is 1. The van der Waals surface area contributed by atoms with Gasteiger partial charge in [0.2, 0.25) is 5.91 Å². The Morgan fingerprint density at radius 2 is 1.95 bits per heavy atom. The normalized spacial score (nSPS) is 32.4. The van der Waals surface area contributed by atoms with Gasteiger partial charge in [-0.25, -0.2) is 0 Å². The van der Waals surface area contributed by atoms with E-state index >= 15 is 0 Å². The molecule has 1 saturated carbocycles. The number of rotatable bonds is 4. The molecule has 0 radical (unpaired) electrons. The average molecular weight is 285 g/mol. The highest BCUT2D eigenvalue weighted by atomic mass is 32.2. The van der Waals surface area contributed by atoms with Crippen molar-refractivity contribution < 1.29 is 14.7 Å². The molecule has 1 aliphatic heterocycles. The number of carbonyl (C=O) groups is 2. The Hall–Kier alpha value is -0.710. The van der Waals surface area contributed by atoms with Crippen molar-refractivity contribution in [3.8, 4) is 0 Å². The molecule has 0 aromatic carbocycles. The number of carbonyl (C=O) groups excluding carboxylic acids is 1. The van der Waals surface area contributed by atoms with Crippen LogP contribution in [0.2, 0.25) is 0 Å². The van der Waals surface area contributed by atoms with Crippen molar-refractivity contribution in [1.29, 1.82) is 0 Å². The van der Waals surface area contributed by atoms with Gasteiger partial charge in [0.05, 0.1) is 11.5 Å². The van der Waals surface area contributed by atoms with Crippen molar-refractivity contribution in [3.63, 3.8) is 0 Å². The third kappa shape index (κ3) is 3.44. The summed E-state index contributed by atoms with van der Waals surface area (Å²) < 4.78 is 0. The van der Waals surface area contributed by atoms with E-state index in [1.54, 1.807) is 0 Å². The van der Waals surface area contributed by atoms with Crippen LogP contribution in [0.1, 0.15) is 40.0 Å². The first kappa shape index (κ1) is 14.7. The maximum Gasteiger partial charge on any atom is 0.313 e. The van der Waals surface area contributed by atoms with E-state index in [1.807, 2.05) is 4.90 Å². The summed E-state index contributed by atoms with van der Waals surface area (Å²) in [6.07, 6.45) is 3.34. The highest BCUT2D eigenvalue weighted by Gasteiger charge is 2.50. The van der Waals surface area contributed by atoms with Gasteiger partial charge >= 0.3 is 5.97 Å². The van der Waals surface area contributed by atoms with Crippen molar-refractivity contribution in [2.45, 2.75) is 46.1 Å². The van der Waals surface area contributed by atoms with Crippen LogP contribution in [0.4, 0.5) is 0 Å². The molecule has 2 aliphatic rings. The summed E-state index contributed by atoms with van der Waals surface area (Å²) in [4.78, 5) is 24.7. The van der Waals surface area contributed by atoms with Gasteiger partial charge in [0.1, 0.15) is 0 Å². The van der Waals surface area contributed by atoms with E-state index in [-0.39, 0.29) is 17.1 Å². The van der Waals surface area contributed by atoms with Gasteiger partial charge in [0.15, 0.2) is 0 Å². The number of carboxylic acids is 1. The monoisotopic (exact) mass is 285 g/mol. The summed E-state index contributed by atoms with van der Waals surface area (Å²) in [5.41, 5.74) is 0.556. The number of aliphatic carboxylic acids is 1. The molecule has 0 spiro atoms. The molecule has 5 heteroatoms. The van der Waals surface area contributed by atoms with E-state index in [9.17, 15) is 9.59 Å². The summed E-state index contributed by atoms with van der Waals surface area (Å²) in [7, 11) is 0. The van der Waals surface area contributed by atoms with Crippen molar-refractivity contribution in [2.75, 3.05) is 18.1 Å². The van der Waals surface area contributed by atoms with Crippen LogP contribution in [0.25, 0.3) is 0 Å². The molecule has 2 fully saturated rings. The second kappa shape index (κ2) is 5.00. The molecular formula is C14H23NO3S. The highest BCUT2D eigenvalue weighted by molar-refractivity contribution is 8.00. The predicted octanol–water partition coefficient (Wildman–Crippen LogP) is 2.23. The molecule has 4 nitrogen and oxygen atoms in total. The Balaban J connectivity index is 1.95. The second-order valence-electron chi connectivity index (χ2n) is 7.12. The molecule has 1 N–H and O–H groups in total. The van der Waals surface area contributed by atoms with E-state index in [2.05, 4.69) is 20.8 Å². The van der Waals surface area contributed by atoms with E-state index in [0.717, 1.165) is 19.4 Å². The van der Waals surface area contributed by atoms with E-state index in [1.165, 1.54) is 18.2 Å². The molecule has 1 heterocycles. The fourth-order valence-electron chi connectivity index (χ4n) is 4.06. The Kier molecular flexibility index (Phi) is 3.87. The third-order valence-corrected chi connectivity index (χ3v) is 5.09. The van der Waals surface area contributed by atoms with Crippen molar-refractivity contribution >= 4 is 23.6 Å². The molecule has 19 heavy (non-hydrogen) atoms. The lowest BCUT2D eigenvalue weighted by molar-refractivity contribution is -0.133. The van der Waals surface area contributed by atoms with Crippen LogP contribution in [0.15, 0.2) is 0 Å². The second-order valence-corrected chi connectivity index (χ2v) is 8.11. The number of hydrogen-bond acceptors (Lipinski definition) is 3. The molecule has 1 aliphatic carbocycles. The topological polar surface area (TPSA) is 57.6 Å². The lowest BCUT2D eigenvalue weighted by Gasteiger charge is -2.39. The molecule has 1 saturated heterocycles. The van der Waals surface area contributed by atoms with Crippen molar-refractivity contribution in [2.24, 2.45) is 10.8 Å². The molecular weight excluding hydrogens is 262 g/mol. The largest absolute Gasteiger partial charge is 0.481 e. The number of carboxylic acid groups (broad SMARTS) is 1. The number of fused-ring (bicyclic) bond motifs is 2. The zero-order valence-electron chi connectivity index (χ0n) is 11.9. The number of amides is 1. The van der Waals surface area contributed by atoms with Gasteiger partial charge in [0.25, 0.3) is 0 Å². The van der Waals surface area contributed by atoms with Crippen LogP contribution in [0, 0.1) is 10.8 Å². The van der Waals surface area contributed by atoms with Crippen LogP contribution < -0.4 is 0 Å². The van der Waals surface area contributed by atoms with E-state index < -0.39 is 5.97 Å². The SMILES string of the molecule is CC1(C)C[C@@H]2C[C@](C)(CN2C(=O)CSCC(=O)O)C1. The van der Waals surface area contributed by atoms with Gasteiger partial charge in [-0.3, -0.25) is 9.59 Å².